The molecule has 186 valence electrons. The van der Waals surface area contributed by atoms with Crippen LogP contribution in [0.3, 0.4) is 0 Å². The maximum Gasteiger partial charge on any atom is 0.0734 e. The van der Waals surface area contributed by atoms with E-state index in [4.69, 9.17) is 4.84 Å². The Morgan fingerprint density at radius 1 is 0.906 bits per heavy atom. The van der Waals surface area contributed by atoms with Crippen molar-refractivity contribution in [1.29, 1.82) is 0 Å². The first-order valence-corrected chi connectivity index (χ1v) is 13.5. The van der Waals surface area contributed by atoms with Gasteiger partial charge in [0.2, 0.25) is 0 Å². The van der Waals surface area contributed by atoms with Crippen LogP contribution in [0, 0.1) is 34.5 Å². The Morgan fingerprint density at radius 3 is 2.44 bits per heavy atom. The maximum atomic E-state index is 12.3. The summed E-state index contributed by atoms with van der Waals surface area (Å²) in [6.45, 7) is 7.70. The molecule has 2 N–H and O–H groups in total. The van der Waals surface area contributed by atoms with Gasteiger partial charge in [-0.15, -0.1) is 0 Å². The molecule has 0 amide bonds. The van der Waals surface area contributed by atoms with Crippen LogP contribution in [0.1, 0.15) is 84.5 Å². The molecule has 4 aliphatic rings. The van der Waals surface area contributed by atoms with Gasteiger partial charge in [0.05, 0.1) is 18.3 Å². The van der Waals surface area contributed by atoms with Gasteiger partial charge in [0.15, 0.2) is 0 Å². The fourth-order valence-corrected chi connectivity index (χ4v) is 8.78. The smallest absolute Gasteiger partial charge is 0.0734 e. The molecular weight excluding hydrogens is 400 g/mol. The highest BCUT2D eigenvalue weighted by molar-refractivity contribution is 5.16. The van der Waals surface area contributed by atoms with E-state index in [1.165, 1.54) is 12.8 Å². The summed E-state index contributed by atoms with van der Waals surface area (Å²) in [5.41, 5.74) is -0.148. The second-order valence-electron chi connectivity index (χ2n) is 12.7. The topological polar surface area (TPSA) is 56.2 Å². The molecule has 0 bridgehead atoms. The number of nitrogens with zero attached hydrogens (tertiary/aromatic N) is 2. The number of hydrogen-bond donors (Lipinski definition) is 2. The maximum absolute atomic E-state index is 12.3. The summed E-state index contributed by atoms with van der Waals surface area (Å²) in [6.07, 6.45) is 12.1. The molecule has 8 atom stereocenters. The molecule has 0 aromatic heterocycles. The average molecular weight is 451 g/mol. The van der Waals surface area contributed by atoms with Crippen LogP contribution in [0.15, 0.2) is 0 Å². The number of rotatable bonds is 8. The van der Waals surface area contributed by atoms with Gasteiger partial charge >= 0.3 is 0 Å². The lowest BCUT2D eigenvalue weighted by Crippen LogP contribution is -2.62. The van der Waals surface area contributed by atoms with Gasteiger partial charge in [-0.25, -0.2) is 0 Å². The van der Waals surface area contributed by atoms with Gasteiger partial charge < -0.3 is 15.1 Å². The minimum Gasteiger partial charge on any atom is -0.393 e. The zero-order valence-electron chi connectivity index (χ0n) is 21.5. The van der Waals surface area contributed by atoms with E-state index < -0.39 is 5.60 Å². The number of aliphatic hydroxyl groups excluding tert-OH is 1. The van der Waals surface area contributed by atoms with Crippen LogP contribution in [-0.2, 0) is 4.84 Å². The standard InChI is InChI=1S/C27H50N2O3/c1-25-13-10-22(30)19-21(25)7-8-24-23(25)11-14-26(2)20(9-15-27(24,26)31)12-17-29(5)32-18-6-16-28(3)4/h20-24,30-31H,6-19H2,1-5H3/t20-,21?,22?,23+,24-,25+,26-,27-/m1/s1. The monoisotopic (exact) mass is 450 g/mol. The van der Waals surface area contributed by atoms with Gasteiger partial charge in [-0.05, 0) is 126 Å². The normalized spacial score (nSPS) is 46.2. The van der Waals surface area contributed by atoms with Gasteiger partial charge in [0.25, 0.3) is 0 Å². The Hall–Kier alpha value is -0.200. The zero-order valence-corrected chi connectivity index (χ0v) is 21.5. The van der Waals surface area contributed by atoms with E-state index in [1.807, 2.05) is 5.06 Å². The molecule has 32 heavy (non-hydrogen) atoms. The third-order valence-electron chi connectivity index (χ3n) is 10.9. The van der Waals surface area contributed by atoms with E-state index in [-0.39, 0.29) is 11.5 Å². The molecule has 0 aromatic rings. The fraction of sp³-hybridized carbons (Fsp3) is 1.00. The Morgan fingerprint density at radius 2 is 1.69 bits per heavy atom. The van der Waals surface area contributed by atoms with E-state index >= 15 is 0 Å². The average Bonchev–Trinajstić information content (AvgIpc) is 3.01. The van der Waals surface area contributed by atoms with Gasteiger partial charge in [0, 0.05) is 13.6 Å². The fourth-order valence-electron chi connectivity index (χ4n) is 8.78. The van der Waals surface area contributed by atoms with Crippen LogP contribution >= 0.6 is 0 Å². The highest BCUT2D eigenvalue weighted by Crippen LogP contribution is 2.69. The van der Waals surface area contributed by atoms with Crippen molar-refractivity contribution >= 4 is 0 Å². The molecule has 0 heterocycles. The van der Waals surface area contributed by atoms with Crippen molar-refractivity contribution in [2.75, 3.05) is 40.8 Å². The van der Waals surface area contributed by atoms with Gasteiger partial charge in [-0.2, -0.15) is 5.06 Å². The van der Waals surface area contributed by atoms with E-state index in [9.17, 15) is 10.2 Å². The van der Waals surface area contributed by atoms with Gasteiger partial charge in [0.1, 0.15) is 0 Å². The molecule has 4 fully saturated rings. The molecule has 5 nitrogen and oxygen atoms in total. The van der Waals surface area contributed by atoms with E-state index in [0.717, 1.165) is 77.5 Å². The van der Waals surface area contributed by atoms with E-state index in [1.54, 1.807) is 0 Å². The van der Waals surface area contributed by atoms with Crippen molar-refractivity contribution in [3.63, 3.8) is 0 Å². The molecule has 4 aliphatic carbocycles. The lowest BCUT2D eigenvalue weighted by atomic mass is 9.43. The minimum atomic E-state index is -0.504. The molecule has 0 spiro atoms. The largest absolute Gasteiger partial charge is 0.393 e. The SMILES string of the molecule is CN(C)CCCON(C)CC[C@H]1CC[C@@]2(O)[C@@H]3CCC4CC(O)CC[C@]4(C)[C@H]3CC[C@]12C. The minimum absolute atomic E-state index is 0.0390. The summed E-state index contributed by atoms with van der Waals surface area (Å²) in [6, 6.07) is 0. The van der Waals surface area contributed by atoms with Crippen molar-refractivity contribution in [1.82, 2.24) is 9.96 Å². The van der Waals surface area contributed by atoms with E-state index in [2.05, 4.69) is 39.9 Å². The van der Waals surface area contributed by atoms with Crippen molar-refractivity contribution in [3.8, 4) is 0 Å². The predicted molar refractivity (Wildman–Crippen MR) is 129 cm³/mol. The summed E-state index contributed by atoms with van der Waals surface area (Å²) < 4.78 is 0. The summed E-state index contributed by atoms with van der Waals surface area (Å²) in [5.74, 6) is 2.31. The van der Waals surface area contributed by atoms with E-state index in [0.29, 0.717) is 29.1 Å². The Labute approximate surface area is 196 Å². The third-order valence-corrected chi connectivity index (χ3v) is 10.9. The van der Waals surface area contributed by atoms with Crippen LogP contribution in [0.2, 0.25) is 0 Å². The first-order chi connectivity index (χ1) is 15.1. The molecule has 0 aromatic carbocycles. The quantitative estimate of drug-likeness (QED) is 0.426. The number of fused-ring (bicyclic) bond motifs is 5. The van der Waals surface area contributed by atoms with Crippen molar-refractivity contribution in [2.45, 2.75) is 96.2 Å². The Bertz CT molecular complexity index is 644. The predicted octanol–water partition coefficient (Wildman–Crippen LogP) is 4.33. The first kappa shape index (κ1) is 24.9. The second-order valence-corrected chi connectivity index (χ2v) is 12.7. The van der Waals surface area contributed by atoms with Crippen molar-refractivity contribution in [2.24, 2.45) is 34.5 Å². The van der Waals surface area contributed by atoms with Crippen LogP contribution in [0.4, 0.5) is 0 Å². The lowest BCUT2D eigenvalue weighted by molar-refractivity contribution is -0.212. The molecule has 4 rings (SSSR count). The molecule has 5 heteroatoms. The number of hydroxylamine groups is 2. The molecule has 0 radical (unpaired) electrons. The first-order valence-electron chi connectivity index (χ1n) is 13.5. The lowest BCUT2D eigenvalue weighted by Gasteiger charge is -2.63. The third kappa shape index (κ3) is 4.30. The van der Waals surface area contributed by atoms with Crippen LogP contribution in [-0.4, -0.2) is 72.7 Å². The molecule has 4 saturated carbocycles. The summed E-state index contributed by atoms with van der Waals surface area (Å²) in [7, 11) is 6.27. The van der Waals surface area contributed by atoms with Gasteiger partial charge in [-0.1, -0.05) is 13.8 Å². The highest BCUT2D eigenvalue weighted by Gasteiger charge is 2.66. The Balaban J connectivity index is 1.37. The number of hydrogen-bond acceptors (Lipinski definition) is 5. The molecule has 0 saturated heterocycles. The number of aliphatic hydroxyl groups is 2. The molecule has 2 unspecified atom stereocenters. The van der Waals surface area contributed by atoms with Crippen LogP contribution in [0.5, 0.6) is 0 Å². The van der Waals surface area contributed by atoms with Gasteiger partial charge in [-0.3, -0.25) is 4.84 Å². The van der Waals surface area contributed by atoms with Crippen LogP contribution < -0.4 is 0 Å². The van der Waals surface area contributed by atoms with Crippen LogP contribution in [0.25, 0.3) is 0 Å². The Kier molecular flexibility index (Phi) is 7.36. The molecular formula is C27H50N2O3. The van der Waals surface area contributed by atoms with Crippen molar-refractivity contribution < 1.29 is 15.1 Å². The zero-order chi connectivity index (χ0) is 23.1. The summed E-state index contributed by atoms with van der Waals surface area (Å²) >= 11 is 0. The summed E-state index contributed by atoms with van der Waals surface area (Å²) in [5, 5.41) is 24.6. The van der Waals surface area contributed by atoms with Crippen molar-refractivity contribution in [3.05, 3.63) is 0 Å². The summed E-state index contributed by atoms with van der Waals surface area (Å²) in [4.78, 5) is 8.13. The molecule has 0 aliphatic heterocycles. The second kappa shape index (κ2) is 9.45. The highest BCUT2D eigenvalue weighted by atomic mass is 16.7.